The Bertz CT molecular complexity index is 607. The van der Waals surface area contributed by atoms with Crippen LogP contribution in [0.25, 0.3) is 10.9 Å². The number of alkyl halides is 2. The topological polar surface area (TPSA) is 66.2 Å². The van der Waals surface area contributed by atoms with Crippen molar-refractivity contribution >= 4 is 26.8 Å². The Morgan fingerprint density at radius 2 is 1.88 bits per heavy atom. The van der Waals surface area contributed by atoms with E-state index in [1.165, 1.54) is 0 Å². The molecule has 0 aliphatic heterocycles. The van der Waals surface area contributed by atoms with Crippen LogP contribution in [0.15, 0.2) is 10.5 Å². The first-order valence-electron chi connectivity index (χ1n) is 4.27. The predicted octanol–water partition coefficient (Wildman–Crippen LogP) is 2.88. The lowest BCUT2D eigenvalue weighted by atomic mass is 10.1. The van der Waals surface area contributed by atoms with Gasteiger partial charge in [0.25, 0.3) is 6.43 Å². The van der Waals surface area contributed by atoms with E-state index < -0.39 is 39.7 Å². The van der Waals surface area contributed by atoms with Gasteiger partial charge in [-0.3, -0.25) is 0 Å². The van der Waals surface area contributed by atoms with E-state index in [9.17, 15) is 18.3 Å². The standard InChI is InChI=1S/C9H4BrF3N2O2/c10-4-2(7(12)13)1-3-6(5(4)11)14-9(17)15-8(3)16/h1,7H,(H2,14,15,16,17). The minimum absolute atomic E-state index is 0.293. The van der Waals surface area contributed by atoms with Gasteiger partial charge < -0.3 is 10.2 Å². The molecule has 0 amide bonds. The summed E-state index contributed by atoms with van der Waals surface area (Å²) in [4.78, 5) is 6.48. The average Bonchev–Trinajstić information content (AvgIpc) is 2.23. The van der Waals surface area contributed by atoms with Crippen molar-refractivity contribution in [3.63, 3.8) is 0 Å². The van der Waals surface area contributed by atoms with E-state index in [2.05, 4.69) is 25.9 Å². The van der Waals surface area contributed by atoms with Crippen LogP contribution in [-0.4, -0.2) is 20.2 Å². The Kier molecular flexibility index (Phi) is 2.82. The minimum Gasteiger partial charge on any atom is -0.493 e. The van der Waals surface area contributed by atoms with Crippen molar-refractivity contribution in [3.05, 3.63) is 21.9 Å². The molecule has 1 aromatic carbocycles. The van der Waals surface area contributed by atoms with Gasteiger partial charge in [0.2, 0.25) is 5.88 Å². The molecule has 90 valence electrons. The van der Waals surface area contributed by atoms with Gasteiger partial charge in [-0.1, -0.05) is 0 Å². The van der Waals surface area contributed by atoms with Gasteiger partial charge in [-0.05, 0) is 22.0 Å². The summed E-state index contributed by atoms with van der Waals surface area (Å²) in [6, 6.07) is 0.0210. The smallest absolute Gasteiger partial charge is 0.317 e. The third-order valence-corrected chi connectivity index (χ3v) is 2.91. The molecule has 1 heterocycles. The highest BCUT2D eigenvalue weighted by molar-refractivity contribution is 9.10. The molecule has 4 nitrogen and oxygen atoms in total. The van der Waals surface area contributed by atoms with Crippen LogP contribution in [0.3, 0.4) is 0 Å². The first-order chi connectivity index (χ1) is 7.91. The molecule has 2 rings (SSSR count). The van der Waals surface area contributed by atoms with Gasteiger partial charge in [-0.15, -0.1) is 0 Å². The number of aromatic hydroxyl groups is 2. The molecule has 0 atom stereocenters. The number of halogens is 4. The molecule has 1 aromatic heterocycles. The van der Waals surface area contributed by atoms with Crippen molar-refractivity contribution in [2.45, 2.75) is 6.43 Å². The highest BCUT2D eigenvalue weighted by Crippen LogP contribution is 2.36. The monoisotopic (exact) mass is 308 g/mol. The van der Waals surface area contributed by atoms with Crippen LogP contribution in [0.4, 0.5) is 13.2 Å². The fourth-order valence-electron chi connectivity index (χ4n) is 1.35. The minimum atomic E-state index is -2.92. The van der Waals surface area contributed by atoms with Crippen molar-refractivity contribution in [2.24, 2.45) is 0 Å². The van der Waals surface area contributed by atoms with Gasteiger partial charge in [-0.25, -0.2) is 13.2 Å². The summed E-state index contributed by atoms with van der Waals surface area (Å²) in [6.07, 6.45) is -2.92. The molecule has 17 heavy (non-hydrogen) atoms. The third kappa shape index (κ3) is 1.88. The molecular weight excluding hydrogens is 305 g/mol. The number of benzene rings is 1. The van der Waals surface area contributed by atoms with Crippen LogP contribution >= 0.6 is 15.9 Å². The zero-order chi connectivity index (χ0) is 12.7. The van der Waals surface area contributed by atoms with Crippen LogP contribution in [0.5, 0.6) is 11.9 Å². The van der Waals surface area contributed by atoms with E-state index >= 15 is 0 Å². The largest absolute Gasteiger partial charge is 0.493 e. The fourth-order valence-corrected chi connectivity index (χ4v) is 1.83. The quantitative estimate of drug-likeness (QED) is 0.850. The molecule has 2 aromatic rings. The fraction of sp³-hybridized carbons (Fsp3) is 0.111. The molecule has 0 saturated heterocycles. The Labute approximate surface area is 101 Å². The highest BCUT2D eigenvalue weighted by Gasteiger charge is 2.21. The zero-order valence-electron chi connectivity index (χ0n) is 7.96. The van der Waals surface area contributed by atoms with Crippen LogP contribution in [0.2, 0.25) is 0 Å². The zero-order valence-corrected chi connectivity index (χ0v) is 9.54. The van der Waals surface area contributed by atoms with Gasteiger partial charge in [0.05, 0.1) is 9.86 Å². The normalized spacial score (nSPS) is 11.4. The van der Waals surface area contributed by atoms with Crippen LogP contribution in [-0.2, 0) is 0 Å². The Morgan fingerprint density at radius 1 is 1.24 bits per heavy atom. The first-order valence-corrected chi connectivity index (χ1v) is 5.07. The molecule has 0 radical (unpaired) electrons. The third-order valence-electron chi connectivity index (χ3n) is 2.10. The summed E-state index contributed by atoms with van der Waals surface area (Å²) in [6.45, 7) is 0. The van der Waals surface area contributed by atoms with E-state index in [-0.39, 0.29) is 5.39 Å². The summed E-state index contributed by atoms with van der Waals surface area (Å²) in [7, 11) is 0. The molecular formula is C9H4BrF3N2O2. The van der Waals surface area contributed by atoms with Gasteiger partial charge >= 0.3 is 6.01 Å². The van der Waals surface area contributed by atoms with Crippen molar-refractivity contribution in [2.75, 3.05) is 0 Å². The van der Waals surface area contributed by atoms with E-state index in [1.54, 1.807) is 0 Å². The maximum absolute atomic E-state index is 13.7. The second-order valence-corrected chi connectivity index (χ2v) is 3.93. The lowest BCUT2D eigenvalue weighted by Crippen LogP contribution is -1.95. The van der Waals surface area contributed by atoms with E-state index in [4.69, 9.17) is 5.11 Å². The van der Waals surface area contributed by atoms with Crippen molar-refractivity contribution in [3.8, 4) is 11.9 Å². The van der Waals surface area contributed by atoms with E-state index in [0.717, 1.165) is 6.07 Å². The van der Waals surface area contributed by atoms with Crippen LogP contribution in [0, 0.1) is 5.82 Å². The Balaban J connectivity index is 2.91. The van der Waals surface area contributed by atoms with Gasteiger partial charge in [0, 0.05) is 5.56 Å². The molecule has 0 fully saturated rings. The van der Waals surface area contributed by atoms with Gasteiger partial charge in [0.15, 0.2) is 5.82 Å². The van der Waals surface area contributed by atoms with Crippen LogP contribution < -0.4 is 0 Å². The van der Waals surface area contributed by atoms with Crippen molar-refractivity contribution < 1.29 is 23.4 Å². The summed E-state index contributed by atoms with van der Waals surface area (Å²) in [5, 5.41) is 18.0. The number of hydrogen-bond donors (Lipinski definition) is 2. The van der Waals surface area contributed by atoms with Gasteiger partial charge in [-0.2, -0.15) is 9.97 Å². The maximum atomic E-state index is 13.7. The Morgan fingerprint density at radius 3 is 2.47 bits per heavy atom. The van der Waals surface area contributed by atoms with Crippen LogP contribution in [0.1, 0.15) is 12.0 Å². The molecule has 8 heteroatoms. The molecule has 2 N–H and O–H groups in total. The second kappa shape index (κ2) is 4.02. The summed E-state index contributed by atoms with van der Waals surface area (Å²) in [5.41, 5.74) is -1.06. The number of nitrogens with zero attached hydrogens (tertiary/aromatic N) is 2. The number of rotatable bonds is 1. The van der Waals surface area contributed by atoms with Crippen molar-refractivity contribution in [1.29, 1.82) is 0 Å². The Hall–Kier alpha value is -1.57. The van der Waals surface area contributed by atoms with Crippen molar-refractivity contribution in [1.82, 2.24) is 9.97 Å². The molecule has 0 bridgehead atoms. The molecule has 0 unspecified atom stereocenters. The first kappa shape index (κ1) is 11.9. The van der Waals surface area contributed by atoms with E-state index in [0.29, 0.717) is 0 Å². The molecule has 0 saturated carbocycles. The second-order valence-electron chi connectivity index (χ2n) is 3.14. The lowest BCUT2D eigenvalue weighted by Gasteiger charge is -2.08. The van der Waals surface area contributed by atoms with E-state index in [1.807, 2.05) is 0 Å². The summed E-state index contributed by atoms with van der Waals surface area (Å²) >= 11 is 2.67. The summed E-state index contributed by atoms with van der Waals surface area (Å²) in [5.74, 6) is -1.86. The lowest BCUT2D eigenvalue weighted by molar-refractivity contribution is 0.150. The summed E-state index contributed by atoms with van der Waals surface area (Å²) < 4.78 is 38.4. The number of hydrogen-bond acceptors (Lipinski definition) is 4. The number of aromatic nitrogens is 2. The predicted molar refractivity (Wildman–Crippen MR) is 55.5 cm³/mol. The SMILES string of the molecule is Oc1nc(O)c2cc(C(F)F)c(Br)c(F)c2n1. The molecule has 0 aliphatic rings. The molecule has 0 spiro atoms. The van der Waals surface area contributed by atoms with Gasteiger partial charge in [0.1, 0.15) is 5.52 Å². The number of fused-ring (bicyclic) bond motifs is 1. The highest BCUT2D eigenvalue weighted by atomic mass is 79.9. The molecule has 0 aliphatic carbocycles. The average molecular weight is 309 g/mol. The maximum Gasteiger partial charge on any atom is 0.317 e.